The Morgan fingerprint density at radius 1 is 1.18 bits per heavy atom. The van der Waals surface area contributed by atoms with Crippen molar-refractivity contribution >= 4 is 40.3 Å². The van der Waals surface area contributed by atoms with Crippen LogP contribution >= 0.6 is 22.6 Å². The fourth-order valence-corrected chi connectivity index (χ4v) is 5.70. The Labute approximate surface area is 245 Å². The molecule has 10 heteroatoms. The third kappa shape index (κ3) is 7.18. The minimum Gasteiger partial charge on any atom is -0.493 e. The van der Waals surface area contributed by atoms with Gasteiger partial charge >= 0.3 is 6.09 Å². The van der Waals surface area contributed by atoms with Crippen molar-refractivity contribution in [2.24, 2.45) is 0 Å². The van der Waals surface area contributed by atoms with Crippen LogP contribution in [0.25, 0.3) is 0 Å². The van der Waals surface area contributed by atoms with Crippen LogP contribution in [0, 0.1) is 0 Å². The van der Waals surface area contributed by atoms with Crippen molar-refractivity contribution in [1.82, 2.24) is 4.90 Å². The van der Waals surface area contributed by atoms with Gasteiger partial charge in [-0.15, -0.1) is 0 Å². The summed E-state index contributed by atoms with van der Waals surface area (Å²) in [4.78, 5) is 31.1. The van der Waals surface area contributed by atoms with Crippen LogP contribution in [-0.2, 0) is 14.2 Å². The van der Waals surface area contributed by atoms with Gasteiger partial charge in [0.2, 0.25) is 0 Å². The van der Waals surface area contributed by atoms with Crippen molar-refractivity contribution in [3.05, 3.63) is 29.8 Å². The van der Waals surface area contributed by atoms with Crippen molar-refractivity contribution in [1.29, 1.82) is 0 Å². The number of fused-ring (bicyclic) bond motifs is 2. The minimum absolute atomic E-state index is 0.218. The SMILES string of the molecule is C=C1C[C@H]2C(OC3CCCCO3)N(C(=O)OC(C)(C)C)c3cc(OCCCCCI)c(OC)cc3C(=O)N2C1. The van der Waals surface area contributed by atoms with Crippen molar-refractivity contribution in [3.8, 4) is 11.5 Å². The summed E-state index contributed by atoms with van der Waals surface area (Å²) in [5.41, 5.74) is 0.837. The van der Waals surface area contributed by atoms with Crippen LogP contribution in [0.5, 0.6) is 11.5 Å². The lowest BCUT2D eigenvalue weighted by atomic mass is 10.1. The number of rotatable bonds is 9. The van der Waals surface area contributed by atoms with Gasteiger partial charge in [-0.3, -0.25) is 4.79 Å². The molecule has 1 aromatic rings. The van der Waals surface area contributed by atoms with E-state index in [1.54, 1.807) is 24.1 Å². The second-order valence-corrected chi connectivity index (χ2v) is 12.3. The molecule has 1 aromatic carbocycles. The number of hydrogen-bond donors (Lipinski definition) is 0. The Bertz CT molecular complexity index is 1050. The molecule has 3 aliphatic rings. The maximum atomic E-state index is 14.0. The highest BCUT2D eigenvalue weighted by molar-refractivity contribution is 14.1. The molecule has 0 N–H and O–H groups in total. The first-order valence-corrected chi connectivity index (χ1v) is 15.3. The van der Waals surface area contributed by atoms with Crippen LogP contribution in [0.1, 0.15) is 76.1 Å². The molecule has 9 nitrogen and oxygen atoms in total. The Balaban J connectivity index is 1.80. The first kappa shape index (κ1) is 29.9. The van der Waals surface area contributed by atoms with Crippen LogP contribution in [0.15, 0.2) is 24.3 Å². The molecule has 0 spiro atoms. The van der Waals surface area contributed by atoms with Gasteiger partial charge in [-0.2, -0.15) is 0 Å². The predicted molar refractivity (Wildman–Crippen MR) is 157 cm³/mol. The average Bonchev–Trinajstić information content (AvgIpc) is 3.25. The summed E-state index contributed by atoms with van der Waals surface area (Å²) >= 11 is 2.37. The van der Waals surface area contributed by atoms with E-state index in [-0.39, 0.29) is 5.91 Å². The third-order valence-corrected chi connectivity index (χ3v) is 7.73. The van der Waals surface area contributed by atoms with Gasteiger partial charge in [0, 0.05) is 19.2 Å². The molecule has 3 atom stereocenters. The van der Waals surface area contributed by atoms with E-state index < -0.39 is 30.3 Å². The van der Waals surface area contributed by atoms with Crippen LogP contribution in [0.3, 0.4) is 0 Å². The number of methoxy groups -OCH3 is 1. The summed E-state index contributed by atoms with van der Waals surface area (Å²) in [5, 5.41) is 0. The van der Waals surface area contributed by atoms with E-state index in [0.29, 0.717) is 55.4 Å². The zero-order valence-electron chi connectivity index (χ0n) is 23.5. The highest BCUT2D eigenvalue weighted by Gasteiger charge is 2.49. The number of anilines is 1. The van der Waals surface area contributed by atoms with Gasteiger partial charge in [0.25, 0.3) is 5.91 Å². The molecule has 4 rings (SSSR count). The van der Waals surface area contributed by atoms with E-state index in [9.17, 15) is 9.59 Å². The first-order valence-electron chi connectivity index (χ1n) is 13.8. The number of carbonyl (C=O) groups is 2. The van der Waals surface area contributed by atoms with Gasteiger partial charge in [-0.05, 0) is 76.2 Å². The second kappa shape index (κ2) is 13.1. The summed E-state index contributed by atoms with van der Waals surface area (Å²) in [5.74, 6) is 0.681. The van der Waals surface area contributed by atoms with Gasteiger partial charge < -0.3 is 28.6 Å². The number of halogens is 1. The molecule has 0 radical (unpaired) electrons. The van der Waals surface area contributed by atoms with Crippen LogP contribution in [0.4, 0.5) is 10.5 Å². The molecular weight excluding hydrogens is 615 g/mol. The van der Waals surface area contributed by atoms with E-state index in [2.05, 4.69) is 29.2 Å². The summed E-state index contributed by atoms with van der Waals surface area (Å²) in [6.07, 6.45) is 4.28. The number of unbranched alkanes of at least 4 members (excludes halogenated alkanes) is 2. The lowest BCUT2D eigenvalue weighted by molar-refractivity contribution is -0.195. The number of alkyl halides is 1. The number of ether oxygens (including phenoxy) is 5. The lowest BCUT2D eigenvalue weighted by Gasteiger charge is -2.39. The lowest BCUT2D eigenvalue weighted by Crippen LogP contribution is -2.54. The summed E-state index contributed by atoms with van der Waals surface area (Å²) in [6, 6.07) is 2.93. The number of nitrogens with zero attached hydrogens (tertiary/aromatic N) is 2. The molecule has 2 saturated heterocycles. The molecule has 3 aliphatic heterocycles. The number of carbonyl (C=O) groups excluding carboxylic acids is 2. The zero-order valence-corrected chi connectivity index (χ0v) is 25.7. The first-order chi connectivity index (χ1) is 18.6. The number of hydrogen-bond acceptors (Lipinski definition) is 7. The zero-order chi connectivity index (χ0) is 28.2. The van der Waals surface area contributed by atoms with Crippen molar-refractivity contribution < 1.29 is 33.3 Å². The fourth-order valence-electron chi connectivity index (χ4n) is 5.16. The number of amides is 2. The van der Waals surface area contributed by atoms with E-state index >= 15 is 0 Å². The van der Waals surface area contributed by atoms with Gasteiger partial charge in [0.05, 0.1) is 31.0 Å². The monoisotopic (exact) mass is 656 g/mol. The second-order valence-electron chi connectivity index (χ2n) is 11.2. The molecule has 2 amide bonds. The Morgan fingerprint density at radius 2 is 1.97 bits per heavy atom. The molecule has 0 aromatic heterocycles. The molecule has 3 heterocycles. The predicted octanol–water partition coefficient (Wildman–Crippen LogP) is 6.07. The normalized spacial score (nSPS) is 23.3. The van der Waals surface area contributed by atoms with E-state index in [4.69, 9.17) is 23.7 Å². The van der Waals surface area contributed by atoms with E-state index in [0.717, 1.165) is 42.1 Å². The van der Waals surface area contributed by atoms with E-state index in [1.807, 2.05) is 20.8 Å². The maximum Gasteiger partial charge on any atom is 0.417 e. The van der Waals surface area contributed by atoms with Crippen molar-refractivity contribution in [2.45, 2.75) is 89.9 Å². The summed E-state index contributed by atoms with van der Waals surface area (Å²) < 4.78 is 31.2. The van der Waals surface area contributed by atoms with Crippen LogP contribution < -0.4 is 14.4 Å². The largest absolute Gasteiger partial charge is 0.493 e. The molecule has 0 bridgehead atoms. The molecular formula is C29H41IN2O7. The standard InChI is InChI=1S/C29H41IN2O7/c1-19-15-22-27(38-25-11-7-10-14-37-25)32(28(34)39-29(2,3)4)21-17-24(36-13-9-6-8-12-30)23(35-5)16-20(21)26(33)31(22)18-19/h16-17,22,25,27H,1,6-15,18H2,2-5H3/t22-,25?,27?/m0/s1. The Kier molecular flexibility index (Phi) is 10.0. The quantitative estimate of drug-likeness (QED) is 0.138. The molecule has 216 valence electrons. The molecule has 39 heavy (non-hydrogen) atoms. The summed E-state index contributed by atoms with van der Waals surface area (Å²) in [6.45, 7) is 11.1. The van der Waals surface area contributed by atoms with E-state index in [1.165, 1.54) is 4.90 Å². The van der Waals surface area contributed by atoms with Crippen molar-refractivity contribution in [2.75, 3.05) is 36.2 Å². The number of benzene rings is 1. The van der Waals surface area contributed by atoms with Gasteiger partial charge in [0.1, 0.15) is 5.60 Å². The Morgan fingerprint density at radius 3 is 2.64 bits per heavy atom. The third-order valence-electron chi connectivity index (χ3n) is 6.96. The Hall–Kier alpha value is -2.05. The highest BCUT2D eigenvalue weighted by atomic mass is 127. The van der Waals surface area contributed by atoms with Crippen molar-refractivity contribution in [3.63, 3.8) is 0 Å². The highest BCUT2D eigenvalue weighted by Crippen LogP contribution is 2.43. The summed E-state index contributed by atoms with van der Waals surface area (Å²) in [7, 11) is 1.55. The molecule has 0 saturated carbocycles. The molecule has 0 aliphatic carbocycles. The average molecular weight is 657 g/mol. The minimum atomic E-state index is -0.836. The van der Waals surface area contributed by atoms with Crippen LogP contribution in [0.2, 0.25) is 0 Å². The smallest absolute Gasteiger partial charge is 0.417 e. The topological polar surface area (TPSA) is 86.8 Å². The molecule has 2 fully saturated rings. The maximum absolute atomic E-state index is 14.0. The van der Waals surface area contributed by atoms with Crippen LogP contribution in [-0.4, -0.2) is 72.4 Å². The molecule has 2 unspecified atom stereocenters. The van der Waals surface area contributed by atoms with Gasteiger partial charge in [0.15, 0.2) is 24.0 Å². The van der Waals surface area contributed by atoms with Gasteiger partial charge in [-0.25, -0.2) is 9.69 Å². The fraction of sp³-hybridized carbons (Fsp3) is 0.655. The van der Waals surface area contributed by atoms with Gasteiger partial charge in [-0.1, -0.05) is 34.7 Å².